The van der Waals surface area contributed by atoms with Crippen LogP contribution in [0, 0.1) is 0 Å². The summed E-state index contributed by atoms with van der Waals surface area (Å²) >= 11 is 7.42. The van der Waals surface area contributed by atoms with E-state index in [-0.39, 0.29) is 0 Å². The highest BCUT2D eigenvalue weighted by Gasteiger charge is 2.18. The van der Waals surface area contributed by atoms with Crippen molar-refractivity contribution in [2.75, 3.05) is 27.1 Å². The van der Waals surface area contributed by atoms with Crippen molar-refractivity contribution in [3.8, 4) is 44.9 Å². The van der Waals surface area contributed by atoms with Gasteiger partial charge in [-0.05, 0) is 24.3 Å². The number of halogens is 1. The van der Waals surface area contributed by atoms with Crippen molar-refractivity contribution in [2.24, 2.45) is 0 Å². The van der Waals surface area contributed by atoms with E-state index in [1.807, 2.05) is 41.8 Å². The van der Waals surface area contributed by atoms with Crippen LogP contribution in [0.15, 0.2) is 47.8 Å². The van der Waals surface area contributed by atoms with Crippen LogP contribution in [0.2, 0.25) is 5.02 Å². The largest absolute Gasteiger partial charge is 0.493 e. The van der Waals surface area contributed by atoms with E-state index in [4.69, 9.17) is 31.5 Å². The normalized spacial score (nSPS) is 10.8. The molecule has 154 valence electrons. The number of nitrogen functional groups attached to an aromatic ring is 1. The number of aromatic nitrogens is 3. The number of methoxy groups -OCH3 is 3. The second kappa shape index (κ2) is 8.25. The van der Waals surface area contributed by atoms with E-state index < -0.39 is 0 Å². The summed E-state index contributed by atoms with van der Waals surface area (Å²) in [6.07, 6.45) is 0. The lowest BCUT2D eigenvalue weighted by Gasteiger charge is -2.13. The third-order valence-electron chi connectivity index (χ3n) is 4.51. The van der Waals surface area contributed by atoms with Crippen LogP contribution in [-0.4, -0.2) is 36.1 Å². The molecule has 4 rings (SSSR count). The van der Waals surface area contributed by atoms with E-state index in [0.29, 0.717) is 38.9 Å². The molecule has 0 atom stereocenters. The van der Waals surface area contributed by atoms with Gasteiger partial charge in [0.25, 0.3) is 0 Å². The summed E-state index contributed by atoms with van der Waals surface area (Å²) in [7, 11) is 4.71. The van der Waals surface area contributed by atoms with Gasteiger partial charge < -0.3 is 19.9 Å². The SMILES string of the molecule is COc1cc(-c2cc(N)n(-c3nc(-c4ccc(Cl)cc4)cs3)n2)cc(OC)c1OC. The molecule has 2 N–H and O–H groups in total. The van der Waals surface area contributed by atoms with Crippen molar-refractivity contribution >= 4 is 28.8 Å². The van der Waals surface area contributed by atoms with Crippen LogP contribution in [0.3, 0.4) is 0 Å². The van der Waals surface area contributed by atoms with Crippen molar-refractivity contribution in [2.45, 2.75) is 0 Å². The summed E-state index contributed by atoms with van der Waals surface area (Å²) in [6.45, 7) is 0. The Labute approximate surface area is 182 Å². The van der Waals surface area contributed by atoms with Crippen LogP contribution in [0.25, 0.3) is 27.6 Å². The molecule has 2 aromatic carbocycles. The van der Waals surface area contributed by atoms with E-state index in [1.54, 1.807) is 32.1 Å². The monoisotopic (exact) mass is 442 g/mol. The van der Waals surface area contributed by atoms with Crippen LogP contribution in [0.1, 0.15) is 0 Å². The molecule has 0 saturated carbocycles. The first-order valence-corrected chi connectivity index (χ1v) is 10.2. The summed E-state index contributed by atoms with van der Waals surface area (Å²) in [5.41, 5.74) is 9.48. The predicted octanol–water partition coefficient (Wildman–Crippen LogP) is 4.92. The maximum atomic E-state index is 6.24. The fourth-order valence-electron chi connectivity index (χ4n) is 3.03. The molecule has 2 aromatic heterocycles. The van der Waals surface area contributed by atoms with Crippen molar-refractivity contribution in [1.29, 1.82) is 0 Å². The fourth-order valence-corrected chi connectivity index (χ4v) is 3.96. The van der Waals surface area contributed by atoms with Gasteiger partial charge in [-0.1, -0.05) is 23.7 Å². The van der Waals surface area contributed by atoms with Gasteiger partial charge in [-0.15, -0.1) is 11.3 Å². The highest BCUT2D eigenvalue weighted by Crippen LogP contribution is 2.41. The Morgan fingerprint density at radius 2 is 1.57 bits per heavy atom. The van der Waals surface area contributed by atoms with Crippen molar-refractivity contribution in [3.63, 3.8) is 0 Å². The van der Waals surface area contributed by atoms with Crippen LogP contribution < -0.4 is 19.9 Å². The molecular weight excluding hydrogens is 424 g/mol. The second-order valence-corrected chi connectivity index (χ2v) is 7.58. The van der Waals surface area contributed by atoms with E-state index in [2.05, 4.69) is 10.1 Å². The number of benzene rings is 2. The fraction of sp³-hybridized carbons (Fsp3) is 0.143. The number of ether oxygens (including phenoxy) is 3. The number of anilines is 1. The van der Waals surface area contributed by atoms with Crippen LogP contribution in [-0.2, 0) is 0 Å². The molecule has 2 heterocycles. The molecule has 30 heavy (non-hydrogen) atoms. The molecule has 0 spiro atoms. The molecule has 0 unspecified atom stereocenters. The molecule has 0 aliphatic rings. The van der Waals surface area contributed by atoms with Gasteiger partial charge in [-0.3, -0.25) is 0 Å². The molecule has 7 nitrogen and oxygen atoms in total. The molecule has 0 radical (unpaired) electrons. The maximum absolute atomic E-state index is 6.24. The average Bonchev–Trinajstić information content (AvgIpc) is 3.40. The van der Waals surface area contributed by atoms with Crippen LogP contribution in [0.4, 0.5) is 5.82 Å². The summed E-state index contributed by atoms with van der Waals surface area (Å²) in [5, 5.41) is 7.95. The van der Waals surface area contributed by atoms with Gasteiger partial charge in [-0.25, -0.2) is 4.98 Å². The first-order chi connectivity index (χ1) is 14.5. The maximum Gasteiger partial charge on any atom is 0.212 e. The van der Waals surface area contributed by atoms with Crippen molar-refractivity contribution in [3.05, 3.63) is 52.9 Å². The van der Waals surface area contributed by atoms with E-state index in [9.17, 15) is 0 Å². The Kier molecular flexibility index (Phi) is 5.52. The Hall–Kier alpha value is -3.23. The zero-order chi connectivity index (χ0) is 21.3. The lowest BCUT2D eigenvalue weighted by molar-refractivity contribution is 0.324. The van der Waals surface area contributed by atoms with Gasteiger partial charge in [0.1, 0.15) is 5.82 Å². The zero-order valence-electron chi connectivity index (χ0n) is 16.5. The number of thiazole rings is 1. The molecule has 0 aliphatic carbocycles. The van der Waals surface area contributed by atoms with Crippen LogP contribution in [0.5, 0.6) is 17.2 Å². The molecule has 9 heteroatoms. The van der Waals surface area contributed by atoms with Gasteiger partial charge in [0, 0.05) is 27.6 Å². The first kappa shape index (κ1) is 20.1. The number of nitrogens with zero attached hydrogens (tertiary/aromatic N) is 3. The summed E-state index contributed by atoms with van der Waals surface area (Å²) < 4.78 is 17.9. The van der Waals surface area contributed by atoms with Gasteiger partial charge in [-0.2, -0.15) is 9.78 Å². The lowest BCUT2D eigenvalue weighted by Crippen LogP contribution is -2.01. The molecular formula is C21H19ClN4O3S. The molecule has 0 amide bonds. The Morgan fingerprint density at radius 1 is 0.900 bits per heavy atom. The van der Waals surface area contributed by atoms with Gasteiger partial charge in [0.05, 0.1) is 32.7 Å². The third-order valence-corrected chi connectivity index (χ3v) is 5.58. The van der Waals surface area contributed by atoms with E-state index in [0.717, 1.165) is 16.8 Å². The van der Waals surface area contributed by atoms with Gasteiger partial charge in [0.2, 0.25) is 10.9 Å². The smallest absolute Gasteiger partial charge is 0.212 e. The van der Waals surface area contributed by atoms with Gasteiger partial charge in [0.15, 0.2) is 11.5 Å². The predicted molar refractivity (Wildman–Crippen MR) is 119 cm³/mol. The molecule has 0 aliphatic heterocycles. The first-order valence-electron chi connectivity index (χ1n) is 8.91. The average molecular weight is 443 g/mol. The molecule has 0 fully saturated rings. The summed E-state index contributed by atoms with van der Waals surface area (Å²) in [4.78, 5) is 4.67. The van der Waals surface area contributed by atoms with Gasteiger partial charge >= 0.3 is 0 Å². The minimum atomic E-state index is 0.468. The lowest BCUT2D eigenvalue weighted by atomic mass is 10.1. The van der Waals surface area contributed by atoms with E-state index >= 15 is 0 Å². The number of rotatable bonds is 6. The minimum Gasteiger partial charge on any atom is -0.493 e. The molecule has 0 saturated heterocycles. The Morgan fingerprint density at radius 3 is 2.17 bits per heavy atom. The van der Waals surface area contributed by atoms with E-state index in [1.165, 1.54) is 11.3 Å². The van der Waals surface area contributed by atoms with Crippen LogP contribution >= 0.6 is 22.9 Å². The topological polar surface area (TPSA) is 84.4 Å². The van der Waals surface area contributed by atoms with Crippen molar-refractivity contribution in [1.82, 2.24) is 14.8 Å². The summed E-state index contributed by atoms with van der Waals surface area (Å²) in [6, 6.07) is 13.0. The third kappa shape index (κ3) is 3.67. The molecule has 0 bridgehead atoms. The number of hydrogen-bond acceptors (Lipinski definition) is 7. The zero-order valence-corrected chi connectivity index (χ0v) is 18.1. The Balaban J connectivity index is 1.72. The minimum absolute atomic E-state index is 0.468. The van der Waals surface area contributed by atoms with Crippen molar-refractivity contribution < 1.29 is 14.2 Å². The standard InChI is InChI=1S/C21H19ClN4O3S/c1-27-17-8-13(9-18(28-2)20(17)29-3)15-10-19(23)26(25-15)21-24-16(11-30-21)12-4-6-14(22)7-5-12/h4-11H,23H2,1-3H3. The summed E-state index contributed by atoms with van der Waals surface area (Å²) in [5.74, 6) is 2.07. The highest BCUT2D eigenvalue weighted by molar-refractivity contribution is 7.12. The highest BCUT2D eigenvalue weighted by atomic mass is 35.5. The number of hydrogen-bond donors (Lipinski definition) is 1. The molecule has 4 aromatic rings. The second-order valence-electron chi connectivity index (χ2n) is 6.30. The number of nitrogens with two attached hydrogens (primary N) is 1. The Bertz CT molecular complexity index is 1160. The quantitative estimate of drug-likeness (QED) is 0.456.